The molecule has 1 fully saturated rings. The molecule has 1 aromatic carbocycles. The molecule has 1 aliphatic carbocycles. The number of carbonyl (C=O) groups is 1. The van der Waals surface area contributed by atoms with E-state index in [1.807, 2.05) is 0 Å². The Morgan fingerprint density at radius 1 is 1.39 bits per heavy atom. The van der Waals surface area contributed by atoms with Crippen LogP contribution in [0.4, 0.5) is 5.69 Å². The summed E-state index contributed by atoms with van der Waals surface area (Å²) in [5, 5.41) is 2.61. The van der Waals surface area contributed by atoms with Crippen molar-refractivity contribution in [2.45, 2.75) is 23.9 Å². The quantitative estimate of drug-likeness (QED) is 0.855. The fourth-order valence-corrected chi connectivity index (χ4v) is 3.48. The average molecular weight is 355 g/mol. The number of nitrogens with one attached hydrogen (secondary N) is 2. The SMILES string of the molecule is Cn1cnc(S(=O)(=O)Nc2cccc(C(=O)NC3CC3)c2)c1Cl. The van der Waals surface area contributed by atoms with Crippen LogP contribution in [0.25, 0.3) is 0 Å². The Balaban J connectivity index is 1.82. The summed E-state index contributed by atoms with van der Waals surface area (Å²) in [6.45, 7) is 0. The highest BCUT2D eigenvalue weighted by Gasteiger charge is 2.25. The number of hydrogen-bond donors (Lipinski definition) is 2. The minimum Gasteiger partial charge on any atom is -0.349 e. The molecule has 122 valence electrons. The number of rotatable bonds is 5. The molecule has 9 heteroatoms. The number of amides is 1. The van der Waals surface area contributed by atoms with E-state index in [2.05, 4.69) is 15.0 Å². The molecule has 0 atom stereocenters. The third-order valence-corrected chi connectivity index (χ3v) is 5.25. The van der Waals surface area contributed by atoms with Gasteiger partial charge >= 0.3 is 0 Å². The van der Waals surface area contributed by atoms with Crippen LogP contribution in [0.3, 0.4) is 0 Å². The lowest BCUT2D eigenvalue weighted by Crippen LogP contribution is -2.25. The molecule has 1 saturated carbocycles. The van der Waals surface area contributed by atoms with Gasteiger partial charge in [-0.15, -0.1) is 0 Å². The van der Waals surface area contributed by atoms with E-state index >= 15 is 0 Å². The van der Waals surface area contributed by atoms with Crippen molar-refractivity contribution in [2.24, 2.45) is 7.05 Å². The second kappa shape index (κ2) is 5.86. The van der Waals surface area contributed by atoms with Crippen LogP contribution in [-0.2, 0) is 17.1 Å². The van der Waals surface area contributed by atoms with E-state index in [1.165, 1.54) is 17.0 Å². The summed E-state index contributed by atoms with van der Waals surface area (Å²) in [5.41, 5.74) is 0.666. The Morgan fingerprint density at radius 2 is 2.13 bits per heavy atom. The molecule has 1 heterocycles. The van der Waals surface area contributed by atoms with Gasteiger partial charge in [0.05, 0.1) is 6.33 Å². The number of sulfonamides is 1. The molecule has 3 rings (SSSR count). The van der Waals surface area contributed by atoms with Crippen LogP contribution in [0.5, 0.6) is 0 Å². The fourth-order valence-electron chi connectivity index (χ4n) is 2.00. The Hall–Kier alpha value is -2.06. The molecule has 2 aromatic rings. The molecule has 23 heavy (non-hydrogen) atoms. The van der Waals surface area contributed by atoms with E-state index in [0.717, 1.165) is 12.8 Å². The van der Waals surface area contributed by atoms with E-state index in [1.54, 1.807) is 25.2 Å². The van der Waals surface area contributed by atoms with Crippen LogP contribution in [-0.4, -0.2) is 29.9 Å². The highest BCUT2D eigenvalue weighted by Crippen LogP contribution is 2.23. The molecular weight excluding hydrogens is 340 g/mol. The monoisotopic (exact) mass is 354 g/mol. The molecular formula is C14H15ClN4O3S. The van der Waals surface area contributed by atoms with Gasteiger partial charge in [-0.2, -0.15) is 8.42 Å². The predicted octanol–water partition coefficient (Wildman–Crippen LogP) is 1.77. The maximum absolute atomic E-state index is 12.3. The van der Waals surface area contributed by atoms with Gasteiger partial charge in [-0.05, 0) is 31.0 Å². The summed E-state index contributed by atoms with van der Waals surface area (Å²) in [4.78, 5) is 15.8. The van der Waals surface area contributed by atoms with Crippen molar-refractivity contribution in [3.8, 4) is 0 Å². The minimum atomic E-state index is -3.92. The van der Waals surface area contributed by atoms with Crippen LogP contribution in [0.1, 0.15) is 23.2 Å². The highest BCUT2D eigenvalue weighted by atomic mass is 35.5. The Kier molecular flexibility index (Phi) is 4.03. The lowest BCUT2D eigenvalue weighted by molar-refractivity contribution is 0.0951. The molecule has 0 bridgehead atoms. The highest BCUT2D eigenvalue weighted by molar-refractivity contribution is 7.92. The lowest BCUT2D eigenvalue weighted by atomic mass is 10.2. The van der Waals surface area contributed by atoms with Crippen LogP contribution >= 0.6 is 11.6 Å². The van der Waals surface area contributed by atoms with Crippen LogP contribution in [0, 0.1) is 0 Å². The van der Waals surface area contributed by atoms with Crippen molar-refractivity contribution < 1.29 is 13.2 Å². The van der Waals surface area contributed by atoms with Gasteiger partial charge in [-0.1, -0.05) is 17.7 Å². The molecule has 2 N–H and O–H groups in total. The second-order valence-electron chi connectivity index (χ2n) is 5.39. The first-order valence-corrected chi connectivity index (χ1v) is 8.83. The minimum absolute atomic E-state index is 0.0140. The standard InChI is InChI=1S/C14H15ClN4O3S/c1-19-8-16-14(12(19)15)23(21,22)18-11-4-2-3-9(7-11)13(20)17-10-5-6-10/h2-4,7-8,10,18H,5-6H2,1H3,(H,17,20). The number of nitrogens with zero attached hydrogens (tertiary/aromatic N) is 2. The lowest BCUT2D eigenvalue weighted by Gasteiger charge is -2.09. The molecule has 0 unspecified atom stereocenters. The van der Waals surface area contributed by atoms with E-state index in [9.17, 15) is 13.2 Å². The summed E-state index contributed by atoms with van der Waals surface area (Å²) >= 11 is 5.92. The number of imidazole rings is 1. The van der Waals surface area contributed by atoms with Gasteiger partial charge < -0.3 is 9.88 Å². The molecule has 0 spiro atoms. The Morgan fingerprint density at radius 3 is 2.74 bits per heavy atom. The van der Waals surface area contributed by atoms with Gasteiger partial charge in [-0.3, -0.25) is 9.52 Å². The maximum atomic E-state index is 12.3. The normalized spacial score (nSPS) is 14.5. The van der Waals surface area contributed by atoms with Crippen LogP contribution < -0.4 is 10.0 Å². The summed E-state index contributed by atoms with van der Waals surface area (Å²) in [5.74, 6) is -0.218. The fraction of sp³-hybridized carbons (Fsp3) is 0.286. The first-order chi connectivity index (χ1) is 10.9. The molecule has 7 nitrogen and oxygen atoms in total. The molecule has 0 saturated heterocycles. The first kappa shape index (κ1) is 15.8. The van der Waals surface area contributed by atoms with Gasteiger partial charge in [0, 0.05) is 24.3 Å². The maximum Gasteiger partial charge on any atom is 0.282 e. The van der Waals surface area contributed by atoms with Crippen LogP contribution in [0.15, 0.2) is 35.6 Å². The Labute approximate surface area is 138 Å². The zero-order chi connectivity index (χ0) is 16.6. The molecule has 0 radical (unpaired) electrons. The topological polar surface area (TPSA) is 93.1 Å². The molecule has 0 aliphatic heterocycles. The summed E-state index contributed by atoms with van der Waals surface area (Å²) in [6, 6.07) is 6.51. The number of benzene rings is 1. The van der Waals surface area contributed by atoms with E-state index in [0.29, 0.717) is 5.56 Å². The van der Waals surface area contributed by atoms with Crippen molar-refractivity contribution in [1.29, 1.82) is 0 Å². The number of aromatic nitrogens is 2. The van der Waals surface area contributed by atoms with E-state index in [-0.39, 0.29) is 27.8 Å². The summed E-state index contributed by atoms with van der Waals surface area (Å²) < 4.78 is 28.4. The molecule has 1 aliphatic rings. The average Bonchev–Trinajstić information content (AvgIpc) is 3.24. The number of carbonyl (C=O) groups excluding carboxylic acids is 1. The Bertz CT molecular complexity index is 859. The smallest absolute Gasteiger partial charge is 0.282 e. The molecule has 1 amide bonds. The van der Waals surface area contributed by atoms with Gasteiger partial charge in [0.15, 0.2) is 0 Å². The van der Waals surface area contributed by atoms with Crippen molar-refractivity contribution in [1.82, 2.24) is 14.9 Å². The van der Waals surface area contributed by atoms with Crippen molar-refractivity contribution in [2.75, 3.05) is 4.72 Å². The second-order valence-corrected chi connectivity index (χ2v) is 7.34. The predicted molar refractivity (Wildman–Crippen MR) is 86.0 cm³/mol. The number of anilines is 1. The third kappa shape index (κ3) is 3.48. The van der Waals surface area contributed by atoms with Gasteiger partial charge in [0.2, 0.25) is 5.03 Å². The number of hydrogen-bond acceptors (Lipinski definition) is 4. The van der Waals surface area contributed by atoms with Crippen LogP contribution in [0.2, 0.25) is 5.15 Å². The number of halogens is 1. The van der Waals surface area contributed by atoms with Crippen molar-refractivity contribution >= 4 is 33.2 Å². The summed E-state index contributed by atoms with van der Waals surface area (Å²) in [7, 11) is -2.33. The molecule has 1 aromatic heterocycles. The van der Waals surface area contributed by atoms with E-state index in [4.69, 9.17) is 11.6 Å². The largest absolute Gasteiger partial charge is 0.349 e. The zero-order valence-electron chi connectivity index (χ0n) is 12.3. The summed E-state index contributed by atoms with van der Waals surface area (Å²) in [6.07, 6.45) is 3.28. The zero-order valence-corrected chi connectivity index (χ0v) is 13.9. The third-order valence-electron chi connectivity index (χ3n) is 3.38. The van der Waals surface area contributed by atoms with E-state index < -0.39 is 10.0 Å². The van der Waals surface area contributed by atoms with Crippen molar-refractivity contribution in [3.05, 3.63) is 41.3 Å². The first-order valence-electron chi connectivity index (χ1n) is 6.97. The van der Waals surface area contributed by atoms with Gasteiger partial charge in [-0.25, -0.2) is 4.98 Å². The van der Waals surface area contributed by atoms with Gasteiger partial charge in [0.1, 0.15) is 5.15 Å². The van der Waals surface area contributed by atoms with Crippen molar-refractivity contribution in [3.63, 3.8) is 0 Å². The van der Waals surface area contributed by atoms with Gasteiger partial charge in [0.25, 0.3) is 15.9 Å². The number of aryl methyl sites for hydroxylation is 1.